The topological polar surface area (TPSA) is 121 Å². The molecule has 1 fully saturated rings. The Labute approximate surface area is 324 Å². The van der Waals surface area contributed by atoms with E-state index in [1.54, 1.807) is 6.20 Å². The predicted molar refractivity (Wildman–Crippen MR) is 193 cm³/mol. The number of nitrogens with zero attached hydrogens (tertiary/aromatic N) is 4. The Morgan fingerprint density at radius 2 is 1.83 bits per heavy atom. The van der Waals surface area contributed by atoms with E-state index >= 15 is 0 Å². The SMILES string of the molecule is CC.CCC/C=c1\cnc(N2CCC(S(C)(=O)=O)CC2)n\c1=C(\[NH-])Nc1ccc(Oc2ccc(C)c(N=CC(C)CC)c2)c(C)c1.[K+]. The molecular weight excluding hydrogens is 636 g/mol. The van der Waals surface area contributed by atoms with Crippen LogP contribution in [-0.2, 0) is 9.84 Å². The van der Waals surface area contributed by atoms with Gasteiger partial charge in [0, 0.05) is 43.0 Å². The van der Waals surface area contributed by atoms with Crippen LogP contribution in [0.3, 0.4) is 0 Å². The second kappa shape index (κ2) is 19.6. The molecule has 1 aromatic heterocycles. The van der Waals surface area contributed by atoms with Crippen molar-refractivity contribution in [1.29, 1.82) is 0 Å². The summed E-state index contributed by atoms with van der Waals surface area (Å²) < 4.78 is 30.2. The van der Waals surface area contributed by atoms with Gasteiger partial charge >= 0.3 is 51.4 Å². The van der Waals surface area contributed by atoms with E-state index in [4.69, 9.17) is 15.5 Å². The van der Waals surface area contributed by atoms with E-state index in [0.717, 1.165) is 52.7 Å². The summed E-state index contributed by atoms with van der Waals surface area (Å²) in [6, 6.07) is 11.7. The molecule has 3 aromatic rings. The minimum atomic E-state index is -3.07. The van der Waals surface area contributed by atoms with Gasteiger partial charge in [0.15, 0.2) is 0 Å². The van der Waals surface area contributed by atoms with Crippen LogP contribution in [0.5, 0.6) is 11.5 Å². The summed E-state index contributed by atoms with van der Waals surface area (Å²) in [5.74, 6) is 2.53. The van der Waals surface area contributed by atoms with Crippen LogP contribution >= 0.6 is 0 Å². The number of rotatable bonds is 11. The van der Waals surface area contributed by atoms with Gasteiger partial charge in [-0.2, -0.15) is 0 Å². The fourth-order valence-electron chi connectivity index (χ4n) is 4.94. The third-order valence-electron chi connectivity index (χ3n) is 7.99. The summed E-state index contributed by atoms with van der Waals surface area (Å²) >= 11 is 0. The molecule has 1 atom stereocenters. The monoisotopic (exact) mass is 686 g/mol. The molecule has 11 heteroatoms. The molecular formula is C36H51KN6O3S. The standard InChI is InChI=1S/C34H45N6O3S.C2H6.K/c1-7-9-10-26-22-37-34(40-17-15-29(16-18-40)44(6,41)42)39-32(26)33(35)38-27-12-14-31(25(5)19-27)43-28-13-11-24(4)30(20-28)36-21-23(3)8-2;1-2;/h10-14,19-23,29,35,38H,7-9,15-18H2,1-6H3;1-2H3;/q-1;;+1/b26-10+,33-32-,36-21?;;. The van der Waals surface area contributed by atoms with Gasteiger partial charge < -0.3 is 20.7 Å². The predicted octanol–water partition coefficient (Wildman–Crippen LogP) is 4.49. The van der Waals surface area contributed by atoms with E-state index < -0.39 is 9.84 Å². The van der Waals surface area contributed by atoms with Crippen LogP contribution in [0.4, 0.5) is 17.3 Å². The number of benzene rings is 2. The molecule has 0 bridgehead atoms. The first kappa shape index (κ1) is 40.9. The fraction of sp³-hybridized carbons (Fsp3) is 0.472. The molecule has 0 aliphatic carbocycles. The minimum absolute atomic E-state index is 0. The summed E-state index contributed by atoms with van der Waals surface area (Å²) in [6.45, 7) is 15.5. The normalized spacial score (nSPS) is 15.4. The van der Waals surface area contributed by atoms with Crippen LogP contribution in [0, 0.1) is 19.8 Å². The first-order valence-electron chi connectivity index (χ1n) is 16.4. The Morgan fingerprint density at radius 3 is 2.45 bits per heavy atom. The maximum Gasteiger partial charge on any atom is 1.00 e. The molecule has 1 aliphatic rings. The summed E-state index contributed by atoms with van der Waals surface area (Å²) in [4.78, 5) is 16.0. The first-order valence-corrected chi connectivity index (χ1v) is 18.4. The Balaban J connectivity index is 0.00000251. The summed E-state index contributed by atoms with van der Waals surface area (Å²) in [5, 5.41) is 4.19. The van der Waals surface area contributed by atoms with E-state index in [1.807, 2.05) is 75.2 Å². The van der Waals surface area contributed by atoms with Crippen molar-refractivity contribution in [2.45, 2.75) is 85.8 Å². The number of aromatic nitrogens is 2. The zero-order valence-electron chi connectivity index (χ0n) is 29.7. The third-order valence-corrected chi connectivity index (χ3v) is 9.67. The van der Waals surface area contributed by atoms with Gasteiger partial charge in [0.05, 0.1) is 16.3 Å². The number of aliphatic imine (C=N–C) groups is 1. The van der Waals surface area contributed by atoms with E-state index in [0.29, 0.717) is 48.9 Å². The average Bonchev–Trinajstić information content (AvgIpc) is 3.05. The Morgan fingerprint density at radius 1 is 1.13 bits per heavy atom. The number of nitrogens with one attached hydrogen (secondary N) is 2. The first-order chi connectivity index (χ1) is 22.0. The van der Waals surface area contributed by atoms with Crippen molar-refractivity contribution in [3.8, 4) is 11.5 Å². The van der Waals surface area contributed by atoms with Gasteiger partial charge in [-0.3, -0.25) is 4.99 Å². The van der Waals surface area contributed by atoms with Gasteiger partial charge in [-0.1, -0.05) is 65.3 Å². The molecule has 0 radical (unpaired) electrons. The number of hydrogen-bond acceptors (Lipinski definition) is 8. The summed E-state index contributed by atoms with van der Waals surface area (Å²) in [5.41, 5.74) is 12.6. The van der Waals surface area contributed by atoms with Crippen LogP contribution in [0.1, 0.15) is 77.8 Å². The van der Waals surface area contributed by atoms with Crippen LogP contribution in [-0.4, -0.2) is 49.2 Å². The number of piperidine rings is 1. The van der Waals surface area contributed by atoms with Crippen molar-refractivity contribution in [1.82, 2.24) is 9.97 Å². The van der Waals surface area contributed by atoms with Crippen LogP contribution in [0.25, 0.3) is 17.6 Å². The molecule has 250 valence electrons. The second-order valence-corrected chi connectivity index (χ2v) is 14.0. The molecule has 0 spiro atoms. The molecule has 2 N–H and O–H groups in total. The van der Waals surface area contributed by atoms with Gasteiger partial charge in [-0.15, -0.1) is 0 Å². The summed E-state index contributed by atoms with van der Waals surface area (Å²) in [6.07, 6.45) is 11.0. The molecule has 9 nitrogen and oxygen atoms in total. The molecule has 4 rings (SSSR count). The smallest absolute Gasteiger partial charge is 0.480 e. The molecule has 47 heavy (non-hydrogen) atoms. The fourth-order valence-corrected chi connectivity index (χ4v) is 6.01. The Bertz CT molecular complexity index is 1720. The molecule has 2 heterocycles. The average molecular weight is 687 g/mol. The van der Waals surface area contributed by atoms with Crippen molar-refractivity contribution < 1.29 is 64.5 Å². The molecule has 0 amide bonds. The van der Waals surface area contributed by atoms with E-state index in [2.05, 4.69) is 42.1 Å². The van der Waals surface area contributed by atoms with Crippen molar-refractivity contribution in [2.75, 3.05) is 29.6 Å². The van der Waals surface area contributed by atoms with Crippen LogP contribution < -0.4 is 76.9 Å². The van der Waals surface area contributed by atoms with Crippen LogP contribution in [0.15, 0.2) is 47.6 Å². The van der Waals surface area contributed by atoms with Gasteiger partial charge in [-0.25, -0.2) is 18.4 Å². The zero-order valence-corrected chi connectivity index (χ0v) is 33.7. The Kier molecular flexibility index (Phi) is 17.1. The number of ether oxygens (including phenoxy) is 1. The minimum Gasteiger partial charge on any atom is -0.480 e. The largest absolute Gasteiger partial charge is 1.00 e. The van der Waals surface area contributed by atoms with Gasteiger partial charge in [-0.05, 0) is 80.2 Å². The molecule has 2 aromatic carbocycles. The van der Waals surface area contributed by atoms with Crippen molar-refractivity contribution in [3.63, 3.8) is 0 Å². The third kappa shape index (κ3) is 12.0. The number of unbranched alkanes of at least 4 members (excludes halogenated alkanes) is 1. The van der Waals surface area contributed by atoms with Crippen molar-refractivity contribution in [3.05, 3.63) is 70.0 Å². The van der Waals surface area contributed by atoms with E-state index in [1.165, 1.54) is 6.26 Å². The summed E-state index contributed by atoms with van der Waals surface area (Å²) in [7, 11) is -3.07. The molecule has 0 saturated carbocycles. The second-order valence-electron chi connectivity index (χ2n) is 11.7. The molecule has 1 saturated heterocycles. The zero-order chi connectivity index (χ0) is 33.9. The quantitative estimate of drug-likeness (QED) is 0.233. The maximum absolute atomic E-state index is 12.0. The number of anilines is 2. The van der Waals surface area contributed by atoms with Crippen molar-refractivity contribution >= 4 is 45.3 Å². The van der Waals surface area contributed by atoms with Crippen molar-refractivity contribution in [2.24, 2.45) is 10.9 Å². The molecule has 1 aliphatic heterocycles. The number of aryl methyl sites for hydroxylation is 2. The molecule has 1 unspecified atom stereocenters. The van der Waals surface area contributed by atoms with Gasteiger partial charge in [0.25, 0.3) is 0 Å². The van der Waals surface area contributed by atoms with E-state index in [-0.39, 0.29) is 62.5 Å². The van der Waals surface area contributed by atoms with Crippen LogP contribution in [0.2, 0.25) is 0 Å². The Hall–Kier alpha value is -2.28. The maximum atomic E-state index is 12.0. The number of sulfone groups is 1. The van der Waals surface area contributed by atoms with E-state index in [9.17, 15) is 8.42 Å². The van der Waals surface area contributed by atoms with Gasteiger partial charge in [0.1, 0.15) is 21.3 Å². The van der Waals surface area contributed by atoms with Gasteiger partial charge in [0.2, 0.25) is 5.95 Å². The number of hydrogen-bond donors (Lipinski definition) is 1.